The SMILES string of the molecule is COc1cc(/C=N/NC(=O)C(C)Oc2ccc(C)cc2)cc(OC)c1OC. The third-order valence-electron chi connectivity index (χ3n) is 3.78. The lowest BCUT2D eigenvalue weighted by Crippen LogP contribution is -2.33. The molecule has 2 aromatic rings. The fraction of sp³-hybridized carbons (Fsp3) is 0.300. The molecule has 7 nitrogen and oxygen atoms in total. The lowest BCUT2D eigenvalue weighted by atomic mass is 10.2. The zero-order valence-corrected chi connectivity index (χ0v) is 16.1. The number of amides is 1. The van der Waals surface area contributed by atoms with Crippen LogP contribution in [0.5, 0.6) is 23.0 Å². The summed E-state index contributed by atoms with van der Waals surface area (Å²) in [5.41, 5.74) is 4.26. The Morgan fingerprint density at radius 2 is 1.63 bits per heavy atom. The third kappa shape index (κ3) is 5.37. The van der Waals surface area contributed by atoms with Crippen LogP contribution in [0.3, 0.4) is 0 Å². The lowest BCUT2D eigenvalue weighted by Gasteiger charge is -2.13. The number of hydrazone groups is 1. The van der Waals surface area contributed by atoms with Crippen LogP contribution in [0.25, 0.3) is 0 Å². The Balaban J connectivity index is 2.01. The zero-order valence-electron chi connectivity index (χ0n) is 16.1. The molecule has 1 N–H and O–H groups in total. The van der Waals surface area contributed by atoms with Gasteiger partial charge in [-0.25, -0.2) is 5.43 Å². The number of nitrogens with one attached hydrogen (secondary N) is 1. The Morgan fingerprint density at radius 1 is 1.04 bits per heavy atom. The van der Waals surface area contributed by atoms with Crippen LogP contribution in [0.4, 0.5) is 0 Å². The Bertz CT molecular complexity index is 778. The van der Waals surface area contributed by atoms with Crippen molar-refractivity contribution in [1.82, 2.24) is 5.43 Å². The van der Waals surface area contributed by atoms with Crippen LogP contribution in [-0.2, 0) is 4.79 Å². The van der Waals surface area contributed by atoms with E-state index in [1.807, 2.05) is 31.2 Å². The Kier molecular flexibility index (Phi) is 7.05. The lowest BCUT2D eigenvalue weighted by molar-refractivity contribution is -0.127. The van der Waals surface area contributed by atoms with E-state index in [2.05, 4.69) is 10.5 Å². The molecule has 0 aliphatic heterocycles. The minimum Gasteiger partial charge on any atom is -0.493 e. The Labute approximate surface area is 158 Å². The molecular weight excluding hydrogens is 348 g/mol. The molecule has 7 heteroatoms. The first kappa shape index (κ1) is 20.1. The smallest absolute Gasteiger partial charge is 0.280 e. The summed E-state index contributed by atoms with van der Waals surface area (Å²) in [6.45, 7) is 3.64. The van der Waals surface area contributed by atoms with Crippen LogP contribution in [0.2, 0.25) is 0 Å². The van der Waals surface area contributed by atoms with Crippen LogP contribution >= 0.6 is 0 Å². The maximum absolute atomic E-state index is 12.1. The first-order chi connectivity index (χ1) is 13.0. The minimum absolute atomic E-state index is 0.362. The van der Waals surface area contributed by atoms with Gasteiger partial charge in [-0.15, -0.1) is 0 Å². The topological polar surface area (TPSA) is 78.4 Å². The van der Waals surface area contributed by atoms with Crippen molar-refractivity contribution in [1.29, 1.82) is 0 Å². The number of ether oxygens (including phenoxy) is 4. The van der Waals surface area contributed by atoms with E-state index in [0.29, 0.717) is 28.6 Å². The van der Waals surface area contributed by atoms with Crippen molar-refractivity contribution in [2.75, 3.05) is 21.3 Å². The molecular formula is C20H24N2O5. The van der Waals surface area contributed by atoms with Crippen molar-refractivity contribution in [3.63, 3.8) is 0 Å². The van der Waals surface area contributed by atoms with E-state index in [1.165, 1.54) is 27.5 Å². The maximum Gasteiger partial charge on any atom is 0.280 e. The molecule has 0 radical (unpaired) electrons. The van der Waals surface area contributed by atoms with Crippen molar-refractivity contribution in [3.05, 3.63) is 47.5 Å². The van der Waals surface area contributed by atoms with Gasteiger partial charge in [-0.05, 0) is 38.1 Å². The highest BCUT2D eigenvalue weighted by atomic mass is 16.5. The molecule has 0 fully saturated rings. The quantitative estimate of drug-likeness (QED) is 0.569. The van der Waals surface area contributed by atoms with Gasteiger partial charge in [-0.2, -0.15) is 5.10 Å². The highest BCUT2D eigenvalue weighted by Gasteiger charge is 2.14. The molecule has 1 atom stereocenters. The van der Waals surface area contributed by atoms with Gasteiger partial charge < -0.3 is 18.9 Å². The minimum atomic E-state index is -0.690. The average Bonchev–Trinajstić information content (AvgIpc) is 2.68. The molecule has 0 aliphatic rings. The van der Waals surface area contributed by atoms with Crippen LogP contribution in [0.1, 0.15) is 18.1 Å². The van der Waals surface area contributed by atoms with Crippen LogP contribution < -0.4 is 24.4 Å². The van der Waals surface area contributed by atoms with E-state index in [4.69, 9.17) is 18.9 Å². The molecule has 0 saturated heterocycles. The maximum atomic E-state index is 12.1. The summed E-state index contributed by atoms with van der Waals surface area (Å²) in [6, 6.07) is 10.9. The molecule has 0 heterocycles. The van der Waals surface area contributed by atoms with Gasteiger partial charge in [0.15, 0.2) is 17.6 Å². The molecule has 1 amide bonds. The molecule has 0 aromatic heterocycles. The summed E-state index contributed by atoms with van der Waals surface area (Å²) >= 11 is 0. The summed E-state index contributed by atoms with van der Waals surface area (Å²) in [5.74, 6) is 1.75. The molecule has 144 valence electrons. The van der Waals surface area contributed by atoms with Gasteiger partial charge in [0.05, 0.1) is 27.5 Å². The van der Waals surface area contributed by atoms with E-state index in [9.17, 15) is 4.79 Å². The van der Waals surface area contributed by atoms with E-state index in [-0.39, 0.29) is 5.91 Å². The van der Waals surface area contributed by atoms with Crippen LogP contribution in [-0.4, -0.2) is 39.6 Å². The van der Waals surface area contributed by atoms with E-state index in [1.54, 1.807) is 19.1 Å². The van der Waals surface area contributed by atoms with Crippen molar-refractivity contribution in [3.8, 4) is 23.0 Å². The van der Waals surface area contributed by atoms with E-state index >= 15 is 0 Å². The average molecular weight is 372 g/mol. The van der Waals surface area contributed by atoms with Gasteiger partial charge in [-0.1, -0.05) is 17.7 Å². The monoisotopic (exact) mass is 372 g/mol. The highest BCUT2D eigenvalue weighted by Crippen LogP contribution is 2.37. The summed E-state index contributed by atoms with van der Waals surface area (Å²) in [5, 5.41) is 3.97. The number of carbonyl (C=O) groups is 1. The number of aryl methyl sites for hydroxylation is 1. The number of hydrogen-bond donors (Lipinski definition) is 1. The Hall–Kier alpha value is -3.22. The van der Waals surface area contributed by atoms with Crippen molar-refractivity contribution >= 4 is 12.1 Å². The fourth-order valence-corrected chi connectivity index (χ4v) is 2.31. The summed E-state index contributed by atoms with van der Waals surface area (Å²) in [6.07, 6.45) is 0.797. The first-order valence-electron chi connectivity index (χ1n) is 8.34. The number of methoxy groups -OCH3 is 3. The first-order valence-corrected chi connectivity index (χ1v) is 8.34. The van der Waals surface area contributed by atoms with Gasteiger partial charge in [0.2, 0.25) is 5.75 Å². The fourth-order valence-electron chi connectivity index (χ4n) is 2.31. The molecule has 0 bridgehead atoms. The molecule has 1 unspecified atom stereocenters. The van der Waals surface area contributed by atoms with Crippen molar-refractivity contribution in [2.24, 2.45) is 5.10 Å². The molecule has 0 aliphatic carbocycles. The second-order valence-corrected chi connectivity index (χ2v) is 5.77. The largest absolute Gasteiger partial charge is 0.493 e. The number of nitrogens with zero attached hydrogens (tertiary/aromatic N) is 1. The van der Waals surface area contributed by atoms with Gasteiger partial charge in [0, 0.05) is 5.56 Å². The van der Waals surface area contributed by atoms with Gasteiger partial charge in [-0.3, -0.25) is 4.79 Å². The normalized spacial score (nSPS) is 11.7. The summed E-state index contributed by atoms with van der Waals surface area (Å²) in [7, 11) is 4.60. The van der Waals surface area contributed by atoms with E-state index in [0.717, 1.165) is 5.56 Å². The molecule has 0 spiro atoms. The standard InChI is InChI=1S/C20H24N2O5/c1-13-6-8-16(9-7-13)27-14(2)20(23)22-21-12-15-10-17(24-3)19(26-5)18(11-15)25-4/h6-12,14H,1-5H3,(H,22,23)/b21-12+. The molecule has 0 saturated carbocycles. The van der Waals surface area contributed by atoms with Crippen LogP contribution in [0, 0.1) is 6.92 Å². The summed E-state index contributed by atoms with van der Waals surface area (Å²) < 4.78 is 21.4. The van der Waals surface area contributed by atoms with Gasteiger partial charge >= 0.3 is 0 Å². The van der Waals surface area contributed by atoms with Gasteiger partial charge in [0.25, 0.3) is 5.91 Å². The molecule has 2 rings (SSSR count). The predicted molar refractivity (Wildman–Crippen MR) is 103 cm³/mol. The highest BCUT2D eigenvalue weighted by molar-refractivity contribution is 5.85. The number of rotatable bonds is 8. The van der Waals surface area contributed by atoms with E-state index < -0.39 is 6.10 Å². The van der Waals surface area contributed by atoms with Crippen molar-refractivity contribution < 1.29 is 23.7 Å². The third-order valence-corrected chi connectivity index (χ3v) is 3.78. The number of benzene rings is 2. The second kappa shape index (κ2) is 9.47. The van der Waals surface area contributed by atoms with Gasteiger partial charge in [0.1, 0.15) is 5.75 Å². The number of hydrogen-bond acceptors (Lipinski definition) is 6. The van der Waals surface area contributed by atoms with Crippen LogP contribution in [0.15, 0.2) is 41.5 Å². The zero-order chi connectivity index (χ0) is 19.8. The Morgan fingerprint density at radius 3 is 2.15 bits per heavy atom. The second-order valence-electron chi connectivity index (χ2n) is 5.77. The molecule has 2 aromatic carbocycles. The number of carbonyl (C=O) groups excluding carboxylic acids is 1. The summed E-state index contributed by atoms with van der Waals surface area (Å²) in [4.78, 5) is 12.1. The van der Waals surface area contributed by atoms with Crippen molar-refractivity contribution in [2.45, 2.75) is 20.0 Å². The predicted octanol–water partition coefficient (Wildman–Crippen LogP) is 2.94. The molecule has 27 heavy (non-hydrogen) atoms.